The molecule has 508 valence electrons. The second kappa shape index (κ2) is 24.3. The maximum atomic E-state index is 6.61. The smallest absolute Gasteiger partial charge is 0.144 e. The van der Waals surface area contributed by atoms with Crippen LogP contribution in [0.2, 0.25) is 0 Å². The minimum Gasteiger partial charge on any atom is -0.455 e. The van der Waals surface area contributed by atoms with Crippen LogP contribution in [0.5, 0.6) is 0 Å². The van der Waals surface area contributed by atoms with E-state index in [0.29, 0.717) is 0 Å². The number of aromatic nitrogens is 6. The Morgan fingerprint density at radius 2 is 0.618 bits per heavy atom. The summed E-state index contributed by atoms with van der Waals surface area (Å²) in [6.45, 7) is 0. The molecule has 16 aromatic carbocycles. The molecule has 0 saturated carbocycles. The fourth-order valence-corrected chi connectivity index (χ4v) is 17.7. The molecule has 0 bridgehead atoms. The highest BCUT2D eigenvalue weighted by atomic mass is 16.3. The molecule has 0 unspecified atom stereocenters. The molecule has 110 heavy (non-hydrogen) atoms. The van der Waals surface area contributed by atoms with E-state index in [9.17, 15) is 0 Å². The average molecular weight is 1400 g/mol. The van der Waals surface area contributed by atoms with E-state index in [-0.39, 0.29) is 0 Å². The van der Waals surface area contributed by atoms with Crippen LogP contribution in [0.4, 0.5) is 0 Å². The van der Waals surface area contributed by atoms with E-state index in [1.54, 1.807) is 0 Å². The molecule has 0 N–H and O–H groups in total. The molecule has 8 heteroatoms. The number of fused-ring (bicyclic) bond motifs is 25. The van der Waals surface area contributed by atoms with Crippen molar-refractivity contribution in [3.05, 3.63) is 352 Å². The molecule has 24 rings (SSSR count). The Kier molecular flexibility index (Phi) is 13.6. The first kappa shape index (κ1) is 61.4. The van der Waals surface area contributed by atoms with Crippen LogP contribution in [0.15, 0.2) is 361 Å². The third-order valence-electron chi connectivity index (χ3n) is 22.6. The maximum Gasteiger partial charge on any atom is 0.144 e. The quantitative estimate of drug-likeness (QED) is 0.120. The van der Waals surface area contributed by atoms with Gasteiger partial charge in [-0.25, -0.2) is 9.97 Å². The van der Waals surface area contributed by atoms with Crippen LogP contribution in [-0.2, 0) is 0 Å². The molecule has 0 saturated heterocycles. The Labute approximate surface area is 628 Å². The third kappa shape index (κ3) is 9.52. The molecule has 8 nitrogen and oxygen atoms in total. The standard InChI is InChI=1S/2C51H29N3O/c1-3-17-36-34(15-1)45(35-16-2-4-18-37(35)46(36)38-26-28-53-50-39(38)23-22-30-13-10-27-52-49(30)50)31-11-9-12-32(29-31)48-42-25-24-40-33-14-6-8-21-44(33)55-51(40)47(42)41-19-5-7-20-43(41)54-48;1-3-12-45-42(11-1)47-43(23-22-41-39-10-2-4-13-46(39)55-51(41)47)48(54-45)36-8-5-7-32(27-36)33-16-14-30-15-17-34-28-35(19-20-37(34)44(30)29-33)38-24-26-53-50-40(38)21-18-31-9-6-25-52-49(31)50/h2*1-29H. The predicted octanol–water partition coefficient (Wildman–Crippen LogP) is 27.4. The van der Waals surface area contributed by atoms with Gasteiger partial charge in [-0.2, -0.15) is 0 Å². The zero-order valence-electron chi connectivity index (χ0n) is 59.0. The summed E-state index contributed by atoms with van der Waals surface area (Å²) in [6, 6.07) is 117. The van der Waals surface area contributed by atoms with E-state index < -0.39 is 0 Å². The van der Waals surface area contributed by atoms with E-state index in [1.807, 2.05) is 61.2 Å². The van der Waals surface area contributed by atoms with Gasteiger partial charge in [-0.3, -0.25) is 19.9 Å². The first-order valence-corrected chi connectivity index (χ1v) is 37.2. The first-order chi connectivity index (χ1) is 54.5. The molecule has 0 radical (unpaired) electrons. The Balaban J connectivity index is 0.000000132. The monoisotopic (exact) mass is 1400 g/mol. The van der Waals surface area contributed by atoms with Crippen molar-refractivity contribution in [1.29, 1.82) is 0 Å². The van der Waals surface area contributed by atoms with E-state index >= 15 is 0 Å². The lowest BCUT2D eigenvalue weighted by Gasteiger charge is -2.19. The van der Waals surface area contributed by atoms with Gasteiger partial charge in [0.15, 0.2) is 0 Å². The average Bonchev–Trinajstić information content (AvgIpc) is 1.27. The molecule has 0 fully saturated rings. The van der Waals surface area contributed by atoms with Crippen LogP contribution < -0.4 is 0 Å². The third-order valence-corrected chi connectivity index (χ3v) is 22.6. The Hall–Kier alpha value is -14.9. The number of hydrogen-bond acceptors (Lipinski definition) is 8. The SMILES string of the molecule is c1cc(-c2c3ccccc3c(-c3ccnc4c3ccc3cccnc34)c3ccccc23)cc(-c2nc3ccccc3c3c2ccc2c4ccccc4oc23)c1.c1cc(-c2ccc3ccc4cc(-c5ccnc6c5ccc5cccnc56)ccc4c3c2)cc(-c2nc3ccccc3c3c2ccc2c4ccccc4oc23)c1. The molecular weight excluding hydrogens is 1340 g/mol. The maximum absolute atomic E-state index is 6.61. The molecule has 0 atom stereocenters. The van der Waals surface area contributed by atoms with Crippen LogP contribution in [0.3, 0.4) is 0 Å². The molecule has 8 heterocycles. The van der Waals surface area contributed by atoms with Gasteiger partial charge < -0.3 is 8.83 Å². The second-order valence-electron chi connectivity index (χ2n) is 28.6. The molecule has 24 aromatic rings. The minimum absolute atomic E-state index is 0.890. The summed E-state index contributed by atoms with van der Waals surface area (Å²) in [5.74, 6) is 0. The fourth-order valence-electron chi connectivity index (χ4n) is 17.7. The lowest BCUT2D eigenvalue weighted by molar-refractivity contribution is 0.672. The van der Waals surface area contributed by atoms with Crippen molar-refractivity contribution < 1.29 is 8.83 Å². The predicted molar refractivity (Wildman–Crippen MR) is 457 cm³/mol. The number of hydrogen-bond donors (Lipinski definition) is 0. The van der Waals surface area contributed by atoms with Gasteiger partial charge in [0.2, 0.25) is 0 Å². The Morgan fingerprint density at radius 1 is 0.200 bits per heavy atom. The van der Waals surface area contributed by atoms with Gasteiger partial charge in [-0.1, -0.05) is 243 Å². The number of pyridine rings is 6. The molecule has 0 spiro atoms. The number of benzene rings is 16. The number of rotatable bonds is 6. The van der Waals surface area contributed by atoms with Gasteiger partial charge in [-0.05, 0) is 173 Å². The molecule has 0 aliphatic carbocycles. The van der Waals surface area contributed by atoms with Crippen LogP contribution in [-0.4, -0.2) is 29.9 Å². The molecule has 0 amide bonds. The number of nitrogens with zero attached hydrogens (tertiary/aromatic N) is 6. The van der Waals surface area contributed by atoms with E-state index in [1.165, 1.54) is 54.2 Å². The van der Waals surface area contributed by atoms with Crippen molar-refractivity contribution in [1.82, 2.24) is 29.9 Å². The summed E-state index contributed by atoms with van der Waals surface area (Å²) >= 11 is 0. The van der Waals surface area contributed by atoms with Crippen LogP contribution in [0.25, 0.3) is 241 Å². The summed E-state index contributed by atoms with van der Waals surface area (Å²) in [4.78, 5) is 29.6. The largest absolute Gasteiger partial charge is 0.455 e. The van der Waals surface area contributed by atoms with E-state index in [2.05, 4.69) is 296 Å². The summed E-state index contributed by atoms with van der Waals surface area (Å²) in [5, 5.41) is 25.0. The summed E-state index contributed by atoms with van der Waals surface area (Å²) in [7, 11) is 0. The normalized spacial score (nSPS) is 12.0. The van der Waals surface area contributed by atoms with Crippen molar-refractivity contribution in [2.24, 2.45) is 0 Å². The van der Waals surface area contributed by atoms with E-state index in [4.69, 9.17) is 33.8 Å². The molecule has 0 aliphatic heterocycles. The van der Waals surface area contributed by atoms with Gasteiger partial charge in [0, 0.05) is 111 Å². The minimum atomic E-state index is 0.890. The topological polar surface area (TPSA) is 104 Å². The summed E-state index contributed by atoms with van der Waals surface area (Å²) in [5.41, 5.74) is 22.5. The highest BCUT2D eigenvalue weighted by Gasteiger charge is 2.24. The first-order valence-electron chi connectivity index (χ1n) is 37.2. The lowest BCUT2D eigenvalue weighted by atomic mass is 9.84. The second-order valence-corrected chi connectivity index (χ2v) is 28.6. The van der Waals surface area contributed by atoms with Crippen LogP contribution in [0.1, 0.15) is 0 Å². The summed E-state index contributed by atoms with van der Waals surface area (Å²) < 4.78 is 13.2. The Morgan fingerprint density at radius 3 is 1.21 bits per heavy atom. The van der Waals surface area contributed by atoms with Gasteiger partial charge in [0.05, 0.1) is 44.5 Å². The van der Waals surface area contributed by atoms with Crippen molar-refractivity contribution in [2.75, 3.05) is 0 Å². The van der Waals surface area contributed by atoms with Crippen molar-refractivity contribution in [2.45, 2.75) is 0 Å². The highest BCUT2D eigenvalue weighted by Crippen LogP contribution is 2.49. The van der Waals surface area contributed by atoms with E-state index in [0.717, 1.165) is 187 Å². The van der Waals surface area contributed by atoms with Gasteiger partial charge in [-0.15, -0.1) is 0 Å². The van der Waals surface area contributed by atoms with Gasteiger partial charge in [0.25, 0.3) is 0 Å². The van der Waals surface area contributed by atoms with Crippen molar-refractivity contribution in [3.63, 3.8) is 0 Å². The number of furan rings is 2. The van der Waals surface area contributed by atoms with Gasteiger partial charge >= 0.3 is 0 Å². The molecule has 8 aromatic heterocycles. The fraction of sp³-hybridized carbons (Fsp3) is 0. The van der Waals surface area contributed by atoms with Crippen molar-refractivity contribution in [3.8, 4) is 67.0 Å². The number of para-hydroxylation sites is 4. The van der Waals surface area contributed by atoms with Gasteiger partial charge in [0.1, 0.15) is 22.3 Å². The summed E-state index contributed by atoms with van der Waals surface area (Å²) in [6.07, 6.45) is 7.50. The molecular formula is C102H58N6O2. The van der Waals surface area contributed by atoms with Crippen molar-refractivity contribution >= 4 is 174 Å². The van der Waals surface area contributed by atoms with Crippen LogP contribution >= 0.6 is 0 Å². The molecule has 0 aliphatic rings. The lowest BCUT2D eigenvalue weighted by Crippen LogP contribution is -1.94. The zero-order valence-corrected chi connectivity index (χ0v) is 59.0. The zero-order chi connectivity index (χ0) is 72.1. The highest BCUT2D eigenvalue weighted by molar-refractivity contribution is 6.28. The Bertz CT molecular complexity index is 8020. The van der Waals surface area contributed by atoms with Crippen LogP contribution in [0, 0.1) is 0 Å².